The predicted octanol–water partition coefficient (Wildman–Crippen LogP) is 2.94. The SMILES string of the molecule is N#Cc1cc(-c2nccc(Nc3ccc(N4CCN(C5COC5)CC4)cc3)n2)ccc1O[C@H]1CCN(C(=O)[C@H]2CC(=O)[C@@H](O)C2)C[C@H]1F. The molecule has 0 bridgehead atoms. The minimum atomic E-state index is -1.48. The number of alkyl halides is 1. The van der Waals surface area contributed by atoms with E-state index in [0.29, 0.717) is 23.2 Å². The molecule has 1 aromatic heterocycles. The van der Waals surface area contributed by atoms with E-state index in [2.05, 4.69) is 43.3 Å². The molecule has 2 N–H and O–H groups in total. The van der Waals surface area contributed by atoms with E-state index in [-0.39, 0.29) is 55.4 Å². The van der Waals surface area contributed by atoms with Crippen LogP contribution in [0.4, 0.5) is 21.6 Å². The smallest absolute Gasteiger partial charge is 0.226 e. The number of piperazine rings is 1. The molecular formula is C35H38FN7O5. The van der Waals surface area contributed by atoms with Crippen LogP contribution in [0.5, 0.6) is 5.75 Å². The fourth-order valence-electron chi connectivity index (χ4n) is 6.80. The predicted molar refractivity (Wildman–Crippen MR) is 175 cm³/mol. The summed E-state index contributed by atoms with van der Waals surface area (Å²) in [6, 6.07) is 17.7. The van der Waals surface area contributed by atoms with Crippen molar-refractivity contribution in [2.24, 2.45) is 5.92 Å². The van der Waals surface area contributed by atoms with E-state index >= 15 is 4.39 Å². The number of aromatic nitrogens is 2. The fraction of sp³-hybridized carbons (Fsp3) is 0.457. The van der Waals surface area contributed by atoms with Gasteiger partial charge in [0, 0.05) is 74.6 Å². The molecule has 0 spiro atoms. The largest absolute Gasteiger partial charge is 0.486 e. The van der Waals surface area contributed by atoms with Crippen molar-refractivity contribution in [2.75, 3.05) is 62.7 Å². The normalized spacial score (nSPS) is 25.0. The first kappa shape index (κ1) is 31.9. The van der Waals surface area contributed by atoms with E-state index < -0.39 is 24.3 Å². The highest BCUT2D eigenvalue weighted by molar-refractivity contribution is 5.92. The Labute approximate surface area is 278 Å². The first-order chi connectivity index (χ1) is 23.3. The van der Waals surface area contributed by atoms with Crippen molar-refractivity contribution in [3.8, 4) is 23.2 Å². The monoisotopic (exact) mass is 655 g/mol. The number of likely N-dealkylation sites (tertiary alicyclic amines) is 1. The molecule has 1 aliphatic carbocycles. The van der Waals surface area contributed by atoms with Crippen LogP contribution in [0.1, 0.15) is 24.8 Å². The van der Waals surface area contributed by atoms with Crippen molar-refractivity contribution in [1.29, 1.82) is 5.26 Å². The van der Waals surface area contributed by atoms with Crippen molar-refractivity contribution in [3.63, 3.8) is 0 Å². The van der Waals surface area contributed by atoms with Gasteiger partial charge >= 0.3 is 0 Å². The summed E-state index contributed by atoms with van der Waals surface area (Å²) in [5, 5.41) is 22.9. The number of aliphatic hydroxyl groups is 1. The van der Waals surface area contributed by atoms with Gasteiger partial charge in [-0.2, -0.15) is 5.26 Å². The highest BCUT2D eigenvalue weighted by Gasteiger charge is 2.41. The number of nitrogens with one attached hydrogen (secondary N) is 1. The summed E-state index contributed by atoms with van der Waals surface area (Å²) in [6.45, 7) is 5.82. The van der Waals surface area contributed by atoms with E-state index in [1.807, 2.05) is 12.1 Å². The highest BCUT2D eigenvalue weighted by Crippen LogP contribution is 2.31. The number of nitrogens with zero attached hydrogens (tertiary/aromatic N) is 6. The van der Waals surface area contributed by atoms with Crippen molar-refractivity contribution in [1.82, 2.24) is 19.8 Å². The van der Waals surface area contributed by atoms with Crippen molar-refractivity contribution in [3.05, 3.63) is 60.3 Å². The van der Waals surface area contributed by atoms with Crippen molar-refractivity contribution >= 4 is 28.9 Å². The van der Waals surface area contributed by atoms with Crippen LogP contribution in [0.2, 0.25) is 0 Å². The summed E-state index contributed by atoms with van der Waals surface area (Å²) in [5.41, 5.74) is 2.89. The van der Waals surface area contributed by atoms with Gasteiger partial charge in [-0.3, -0.25) is 14.5 Å². The number of hydrogen-bond acceptors (Lipinski definition) is 11. The van der Waals surface area contributed by atoms with E-state index in [4.69, 9.17) is 9.47 Å². The van der Waals surface area contributed by atoms with Gasteiger partial charge in [-0.15, -0.1) is 0 Å². The van der Waals surface area contributed by atoms with Crippen LogP contribution < -0.4 is 15.0 Å². The maximum absolute atomic E-state index is 15.2. The third-order valence-corrected chi connectivity index (χ3v) is 9.72. The number of nitriles is 1. The number of carbonyl (C=O) groups is 2. The summed E-state index contributed by atoms with van der Waals surface area (Å²) in [7, 11) is 0. The summed E-state index contributed by atoms with van der Waals surface area (Å²) in [4.78, 5) is 39.8. The second-order valence-corrected chi connectivity index (χ2v) is 12.8. The van der Waals surface area contributed by atoms with E-state index in [9.17, 15) is 20.0 Å². The van der Waals surface area contributed by atoms with Crippen LogP contribution in [0.15, 0.2) is 54.7 Å². The standard InChI is InChI=1S/C35H38FN7O5/c36-28-19-43(35(46)23-16-29(44)30(45)17-23)10-8-32(28)48-31-6-1-22(15-24(31)18-37)34-38-9-7-33(40-34)39-25-2-4-26(5-3-25)41-11-13-42(14-12-41)27-20-47-21-27/h1-7,9,15,23,27-29,32,44H,8,10-14,16-17,19-21H2,(H,38,39,40)/t23-,28-,29+,32+/m1/s1. The second kappa shape index (κ2) is 13.8. The summed E-state index contributed by atoms with van der Waals surface area (Å²) in [5.74, 6) is -0.0288. The average Bonchev–Trinajstić information content (AvgIpc) is 3.43. The lowest BCUT2D eigenvalue weighted by molar-refractivity contribution is -0.140. The third-order valence-electron chi connectivity index (χ3n) is 9.72. The number of ketones is 1. The number of piperidine rings is 1. The number of halogens is 1. The number of ether oxygens (including phenoxy) is 2. The van der Waals surface area contributed by atoms with Gasteiger partial charge in [0.05, 0.1) is 31.4 Å². The van der Waals surface area contributed by atoms with Gasteiger partial charge in [-0.1, -0.05) is 0 Å². The minimum Gasteiger partial charge on any atom is -0.486 e. The maximum atomic E-state index is 15.2. The Bertz CT molecular complexity index is 1690. The Balaban J connectivity index is 0.953. The number of amides is 1. The van der Waals surface area contributed by atoms with Crippen molar-refractivity contribution in [2.45, 2.75) is 43.7 Å². The Morgan fingerprint density at radius 1 is 1.08 bits per heavy atom. The van der Waals surface area contributed by atoms with E-state index in [1.54, 1.807) is 30.5 Å². The molecular weight excluding hydrogens is 617 g/mol. The zero-order chi connectivity index (χ0) is 33.2. The number of hydrogen-bond donors (Lipinski definition) is 2. The fourth-order valence-corrected chi connectivity index (χ4v) is 6.80. The molecule has 4 atom stereocenters. The van der Waals surface area contributed by atoms with Gasteiger partial charge in [-0.25, -0.2) is 14.4 Å². The molecule has 4 fully saturated rings. The topological polar surface area (TPSA) is 144 Å². The lowest BCUT2D eigenvalue weighted by atomic mass is 10.0. The van der Waals surface area contributed by atoms with Crippen LogP contribution in [0, 0.1) is 17.2 Å². The average molecular weight is 656 g/mol. The van der Waals surface area contributed by atoms with E-state index in [1.165, 1.54) is 10.6 Å². The van der Waals surface area contributed by atoms with Crippen LogP contribution >= 0.6 is 0 Å². The number of Topliss-reactive ketones (excluding diaryl/α,β-unsaturated/α-hetero) is 1. The first-order valence-electron chi connectivity index (χ1n) is 16.5. The molecule has 250 valence electrons. The summed E-state index contributed by atoms with van der Waals surface area (Å²) in [6.07, 6.45) is -1.51. The van der Waals surface area contributed by atoms with Crippen LogP contribution in [-0.2, 0) is 14.3 Å². The Kier molecular flexibility index (Phi) is 9.21. The minimum absolute atomic E-state index is 0.0173. The number of rotatable bonds is 8. The first-order valence-corrected chi connectivity index (χ1v) is 16.5. The Morgan fingerprint density at radius 2 is 1.88 bits per heavy atom. The molecule has 7 rings (SSSR count). The Hall–Kier alpha value is -4.64. The summed E-state index contributed by atoms with van der Waals surface area (Å²) < 4.78 is 26.5. The molecule has 1 saturated carbocycles. The Morgan fingerprint density at radius 3 is 2.54 bits per heavy atom. The molecule has 3 aromatic rings. The molecule has 4 aliphatic rings. The van der Waals surface area contributed by atoms with Gasteiger partial charge in [0.25, 0.3) is 0 Å². The number of carbonyl (C=O) groups excluding carboxylic acids is 2. The van der Waals surface area contributed by atoms with E-state index in [0.717, 1.165) is 45.1 Å². The van der Waals surface area contributed by atoms with Gasteiger partial charge in [0.15, 0.2) is 17.8 Å². The molecule has 2 aromatic carbocycles. The third kappa shape index (κ3) is 6.82. The molecule has 12 nitrogen and oxygen atoms in total. The van der Waals surface area contributed by atoms with Gasteiger partial charge in [-0.05, 0) is 55.0 Å². The number of anilines is 3. The maximum Gasteiger partial charge on any atom is 0.226 e. The lowest BCUT2D eigenvalue weighted by Gasteiger charge is -2.43. The zero-order valence-corrected chi connectivity index (χ0v) is 26.5. The van der Waals surface area contributed by atoms with Gasteiger partial charge in [0.1, 0.15) is 29.8 Å². The summed E-state index contributed by atoms with van der Waals surface area (Å²) >= 11 is 0. The molecule has 3 aliphatic heterocycles. The van der Waals surface area contributed by atoms with Crippen LogP contribution in [0.25, 0.3) is 11.4 Å². The van der Waals surface area contributed by atoms with Gasteiger partial charge in [0.2, 0.25) is 5.91 Å². The highest BCUT2D eigenvalue weighted by atomic mass is 19.1. The quantitative estimate of drug-likeness (QED) is 0.370. The number of benzene rings is 2. The molecule has 13 heteroatoms. The van der Waals surface area contributed by atoms with Gasteiger partial charge < -0.3 is 29.7 Å². The number of aliphatic hydroxyl groups excluding tert-OH is 1. The molecule has 48 heavy (non-hydrogen) atoms. The molecule has 1 amide bonds. The molecule has 4 heterocycles. The second-order valence-electron chi connectivity index (χ2n) is 12.8. The van der Waals surface area contributed by atoms with Crippen molar-refractivity contribution < 1.29 is 28.6 Å². The van der Waals surface area contributed by atoms with Crippen LogP contribution in [0.3, 0.4) is 0 Å². The molecule has 0 unspecified atom stereocenters. The lowest BCUT2D eigenvalue weighted by Crippen LogP contribution is -2.56. The molecule has 0 radical (unpaired) electrons. The zero-order valence-electron chi connectivity index (χ0n) is 26.5. The van der Waals surface area contributed by atoms with Crippen LogP contribution in [-0.4, -0.2) is 113 Å². The molecule has 3 saturated heterocycles.